The Kier molecular flexibility index (Phi) is 8.79. The fraction of sp³-hybridized carbons (Fsp3) is 0.192. The van der Waals surface area contributed by atoms with Crippen LogP contribution in [0.2, 0.25) is 10.0 Å². The molecule has 0 unspecified atom stereocenters. The molecule has 4 aromatic rings. The fourth-order valence-electron chi connectivity index (χ4n) is 3.50. The number of amides is 1. The lowest BCUT2D eigenvalue weighted by molar-refractivity contribution is -0.121. The molecule has 0 bridgehead atoms. The van der Waals surface area contributed by atoms with E-state index in [4.69, 9.17) is 23.2 Å². The van der Waals surface area contributed by atoms with Gasteiger partial charge in [-0.1, -0.05) is 65.3 Å². The second kappa shape index (κ2) is 12.2. The Morgan fingerprint density at radius 3 is 2.43 bits per heavy atom. The van der Waals surface area contributed by atoms with E-state index in [2.05, 4.69) is 15.5 Å². The van der Waals surface area contributed by atoms with E-state index in [1.54, 1.807) is 23.9 Å². The Labute approximate surface area is 217 Å². The third kappa shape index (κ3) is 7.31. The predicted molar refractivity (Wildman–Crippen MR) is 139 cm³/mol. The van der Waals surface area contributed by atoms with Crippen molar-refractivity contribution in [1.82, 2.24) is 20.1 Å². The SMILES string of the molecule is O=C(CCCc1nnc(SCc2cccc(Cl)c2)n1-c1cccc(Cl)c1)NCc1ccc(F)cc1. The van der Waals surface area contributed by atoms with E-state index < -0.39 is 0 Å². The van der Waals surface area contributed by atoms with Crippen molar-refractivity contribution in [2.24, 2.45) is 0 Å². The minimum Gasteiger partial charge on any atom is -0.352 e. The van der Waals surface area contributed by atoms with Gasteiger partial charge in [0.25, 0.3) is 0 Å². The molecule has 0 aliphatic carbocycles. The molecule has 0 fully saturated rings. The van der Waals surface area contributed by atoms with Gasteiger partial charge in [-0.2, -0.15) is 0 Å². The maximum Gasteiger partial charge on any atom is 0.220 e. The van der Waals surface area contributed by atoms with Crippen LogP contribution in [0.15, 0.2) is 78.0 Å². The Bertz CT molecular complexity index is 1300. The molecule has 5 nitrogen and oxygen atoms in total. The smallest absolute Gasteiger partial charge is 0.220 e. The highest BCUT2D eigenvalue weighted by Crippen LogP contribution is 2.28. The van der Waals surface area contributed by atoms with E-state index in [-0.39, 0.29) is 11.7 Å². The van der Waals surface area contributed by atoms with E-state index >= 15 is 0 Å². The van der Waals surface area contributed by atoms with E-state index in [9.17, 15) is 9.18 Å². The standard InChI is InChI=1S/C26H23Cl2FN4OS/c27-20-5-1-4-19(14-20)17-35-26-32-31-24(33(26)23-7-2-6-21(28)15-23)8-3-9-25(34)30-16-18-10-12-22(29)13-11-18/h1-2,4-7,10-15H,3,8-9,16-17H2,(H,30,34). The predicted octanol–water partition coefficient (Wildman–Crippen LogP) is 6.64. The monoisotopic (exact) mass is 528 g/mol. The molecule has 0 saturated carbocycles. The summed E-state index contributed by atoms with van der Waals surface area (Å²) in [6, 6.07) is 21.3. The highest BCUT2D eigenvalue weighted by Gasteiger charge is 2.16. The molecule has 1 amide bonds. The number of carbonyl (C=O) groups is 1. The molecule has 4 rings (SSSR count). The summed E-state index contributed by atoms with van der Waals surface area (Å²) in [6.07, 6.45) is 1.52. The number of aromatic nitrogens is 3. The Morgan fingerprint density at radius 1 is 0.943 bits per heavy atom. The van der Waals surface area contributed by atoms with E-state index in [1.807, 2.05) is 53.1 Å². The molecule has 1 N–H and O–H groups in total. The highest BCUT2D eigenvalue weighted by molar-refractivity contribution is 7.98. The van der Waals surface area contributed by atoms with Crippen molar-refractivity contribution in [3.8, 4) is 5.69 Å². The number of rotatable bonds is 10. The summed E-state index contributed by atoms with van der Waals surface area (Å²) in [5, 5.41) is 13.7. The first-order valence-corrected chi connectivity index (χ1v) is 12.8. The molecule has 1 aromatic heterocycles. The van der Waals surface area contributed by atoms with Crippen LogP contribution in [-0.2, 0) is 23.5 Å². The zero-order valence-electron chi connectivity index (χ0n) is 18.8. The van der Waals surface area contributed by atoms with Crippen molar-refractivity contribution in [1.29, 1.82) is 0 Å². The third-order valence-corrected chi connectivity index (χ3v) is 6.70. The number of nitrogens with one attached hydrogen (secondary N) is 1. The lowest BCUT2D eigenvalue weighted by Crippen LogP contribution is -2.22. The first-order chi connectivity index (χ1) is 17.0. The fourth-order valence-corrected chi connectivity index (χ4v) is 4.81. The molecular formula is C26H23Cl2FN4OS. The molecule has 0 aliphatic heterocycles. The normalized spacial score (nSPS) is 10.9. The van der Waals surface area contributed by atoms with E-state index in [0.717, 1.165) is 27.8 Å². The van der Waals surface area contributed by atoms with Crippen molar-refractivity contribution in [2.45, 2.75) is 36.7 Å². The largest absolute Gasteiger partial charge is 0.352 e. The molecular weight excluding hydrogens is 506 g/mol. The molecule has 1 heterocycles. The van der Waals surface area contributed by atoms with Crippen LogP contribution in [-0.4, -0.2) is 20.7 Å². The minimum atomic E-state index is -0.297. The molecule has 0 saturated heterocycles. The second-order valence-corrected chi connectivity index (χ2v) is 9.70. The van der Waals surface area contributed by atoms with Crippen LogP contribution in [0.1, 0.15) is 29.8 Å². The Balaban J connectivity index is 1.40. The topological polar surface area (TPSA) is 59.8 Å². The van der Waals surface area contributed by atoms with Gasteiger partial charge >= 0.3 is 0 Å². The Morgan fingerprint density at radius 2 is 1.69 bits per heavy atom. The van der Waals surface area contributed by atoms with Crippen LogP contribution in [0.4, 0.5) is 4.39 Å². The highest BCUT2D eigenvalue weighted by atomic mass is 35.5. The van der Waals surface area contributed by atoms with Gasteiger partial charge in [-0.3, -0.25) is 9.36 Å². The maximum absolute atomic E-state index is 13.0. The van der Waals surface area contributed by atoms with Crippen molar-refractivity contribution in [3.05, 3.63) is 106 Å². The summed E-state index contributed by atoms with van der Waals surface area (Å²) in [6.45, 7) is 0.363. The molecule has 0 atom stereocenters. The summed E-state index contributed by atoms with van der Waals surface area (Å²) in [7, 11) is 0. The van der Waals surface area contributed by atoms with Crippen LogP contribution < -0.4 is 5.32 Å². The van der Waals surface area contributed by atoms with Gasteiger partial charge in [0.05, 0.1) is 5.69 Å². The van der Waals surface area contributed by atoms with E-state index in [1.165, 1.54) is 12.1 Å². The van der Waals surface area contributed by atoms with Gasteiger partial charge in [0.1, 0.15) is 11.6 Å². The van der Waals surface area contributed by atoms with Crippen molar-refractivity contribution < 1.29 is 9.18 Å². The van der Waals surface area contributed by atoms with Gasteiger partial charge in [-0.25, -0.2) is 4.39 Å². The average molecular weight is 529 g/mol. The molecule has 180 valence electrons. The lowest BCUT2D eigenvalue weighted by Gasteiger charge is -2.11. The number of benzene rings is 3. The zero-order valence-corrected chi connectivity index (χ0v) is 21.1. The minimum absolute atomic E-state index is 0.0706. The second-order valence-electron chi connectivity index (χ2n) is 7.89. The first-order valence-electron chi connectivity index (χ1n) is 11.1. The van der Waals surface area contributed by atoms with Gasteiger partial charge in [-0.15, -0.1) is 10.2 Å². The molecule has 0 aliphatic rings. The number of carbonyl (C=O) groups excluding carboxylic acids is 1. The van der Waals surface area contributed by atoms with Crippen molar-refractivity contribution in [2.75, 3.05) is 0 Å². The number of halogens is 3. The van der Waals surface area contributed by atoms with Crippen LogP contribution in [0.5, 0.6) is 0 Å². The quantitative estimate of drug-likeness (QED) is 0.234. The number of hydrogen-bond acceptors (Lipinski definition) is 4. The first kappa shape index (κ1) is 25.2. The molecule has 0 radical (unpaired) electrons. The number of thioether (sulfide) groups is 1. The van der Waals surface area contributed by atoms with Crippen molar-refractivity contribution in [3.63, 3.8) is 0 Å². The van der Waals surface area contributed by atoms with Gasteiger partial charge in [0.2, 0.25) is 5.91 Å². The number of hydrogen-bond donors (Lipinski definition) is 1. The van der Waals surface area contributed by atoms with Crippen molar-refractivity contribution >= 4 is 40.9 Å². The van der Waals surface area contributed by atoms with Crippen LogP contribution in [0.3, 0.4) is 0 Å². The Hall–Kier alpha value is -2.87. The maximum atomic E-state index is 13.0. The third-order valence-electron chi connectivity index (χ3n) is 5.23. The molecule has 35 heavy (non-hydrogen) atoms. The summed E-state index contributed by atoms with van der Waals surface area (Å²) in [5.41, 5.74) is 2.80. The van der Waals surface area contributed by atoms with Crippen LogP contribution in [0.25, 0.3) is 5.69 Å². The molecule has 9 heteroatoms. The number of aryl methyl sites for hydroxylation is 1. The van der Waals surface area contributed by atoms with Gasteiger partial charge < -0.3 is 5.32 Å². The average Bonchev–Trinajstić information content (AvgIpc) is 3.25. The van der Waals surface area contributed by atoms with Crippen LogP contribution >= 0.6 is 35.0 Å². The lowest BCUT2D eigenvalue weighted by atomic mass is 10.2. The van der Waals surface area contributed by atoms with Gasteiger partial charge in [-0.05, 0) is 60.0 Å². The summed E-state index contributed by atoms with van der Waals surface area (Å²) >= 11 is 13.9. The molecule has 0 spiro atoms. The summed E-state index contributed by atoms with van der Waals surface area (Å²) < 4.78 is 15.0. The number of nitrogens with zero attached hydrogens (tertiary/aromatic N) is 3. The van der Waals surface area contributed by atoms with Crippen LogP contribution in [0, 0.1) is 5.82 Å². The summed E-state index contributed by atoms with van der Waals surface area (Å²) in [4.78, 5) is 12.3. The van der Waals surface area contributed by atoms with Gasteiger partial charge in [0.15, 0.2) is 5.16 Å². The van der Waals surface area contributed by atoms with Gasteiger partial charge in [0, 0.05) is 35.2 Å². The summed E-state index contributed by atoms with van der Waals surface area (Å²) in [5.74, 6) is 1.07. The molecule has 3 aromatic carbocycles. The zero-order chi connectivity index (χ0) is 24.6. The van der Waals surface area contributed by atoms with E-state index in [0.29, 0.717) is 41.6 Å².